The molecule has 0 amide bonds. The van der Waals surface area contributed by atoms with Gasteiger partial charge in [-0.3, -0.25) is 0 Å². The van der Waals surface area contributed by atoms with Crippen LogP contribution in [0.4, 0.5) is 0 Å². The Hall–Kier alpha value is -1.36. The summed E-state index contributed by atoms with van der Waals surface area (Å²) >= 11 is 6.02. The number of nitrogens with one attached hydrogen (secondary N) is 1. The SMILES string of the molecule is Cc1ccc(S(=O)(=O)N[C](Cl)CCc2ccccc2)cc1. The first-order chi connectivity index (χ1) is 9.97. The van der Waals surface area contributed by atoms with Crippen molar-refractivity contribution in [2.24, 2.45) is 0 Å². The van der Waals surface area contributed by atoms with Gasteiger partial charge in [-0.1, -0.05) is 59.6 Å². The lowest BCUT2D eigenvalue weighted by Crippen LogP contribution is -2.25. The van der Waals surface area contributed by atoms with Crippen LogP contribution in [-0.2, 0) is 16.4 Å². The lowest BCUT2D eigenvalue weighted by atomic mass is 10.1. The van der Waals surface area contributed by atoms with Crippen LogP contribution >= 0.6 is 11.6 Å². The third-order valence-electron chi connectivity index (χ3n) is 3.05. The Bertz CT molecular complexity index is 669. The maximum atomic E-state index is 12.1. The monoisotopic (exact) mass is 322 g/mol. The summed E-state index contributed by atoms with van der Waals surface area (Å²) in [5.41, 5.74) is 2.35. The summed E-state index contributed by atoms with van der Waals surface area (Å²) in [5, 5.41) is 0. The van der Waals surface area contributed by atoms with E-state index in [1.54, 1.807) is 24.3 Å². The van der Waals surface area contributed by atoms with Crippen molar-refractivity contribution in [1.29, 1.82) is 0 Å². The molecule has 0 fully saturated rings. The molecule has 0 saturated heterocycles. The first-order valence-corrected chi connectivity index (χ1v) is 8.48. The molecule has 3 nitrogen and oxygen atoms in total. The molecule has 111 valence electrons. The largest absolute Gasteiger partial charge is 0.242 e. The van der Waals surface area contributed by atoms with Gasteiger partial charge in [-0.2, -0.15) is 4.72 Å². The van der Waals surface area contributed by atoms with Crippen molar-refractivity contribution in [3.05, 3.63) is 71.2 Å². The molecule has 0 bridgehead atoms. The fourth-order valence-corrected chi connectivity index (χ4v) is 3.28. The van der Waals surface area contributed by atoms with Gasteiger partial charge in [0.1, 0.15) is 5.50 Å². The molecular formula is C16H17ClNO2S. The van der Waals surface area contributed by atoms with Gasteiger partial charge in [-0.25, -0.2) is 8.42 Å². The van der Waals surface area contributed by atoms with Crippen LogP contribution in [0.5, 0.6) is 0 Å². The number of sulfonamides is 1. The van der Waals surface area contributed by atoms with Crippen molar-refractivity contribution in [2.75, 3.05) is 0 Å². The maximum Gasteiger partial charge on any atom is 0.242 e. The van der Waals surface area contributed by atoms with Crippen molar-refractivity contribution < 1.29 is 8.42 Å². The quantitative estimate of drug-likeness (QED) is 0.825. The van der Waals surface area contributed by atoms with Crippen LogP contribution in [0.15, 0.2) is 59.5 Å². The molecule has 0 aromatic heterocycles. The highest BCUT2D eigenvalue weighted by atomic mass is 35.5. The van der Waals surface area contributed by atoms with E-state index in [1.807, 2.05) is 37.3 Å². The van der Waals surface area contributed by atoms with E-state index in [0.717, 1.165) is 11.1 Å². The fourth-order valence-electron chi connectivity index (χ4n) is 1.87. The normalized spacial score (nSPS) is 11.8. The molecule has 2 rings (SSSR count). The van der Waals surface area contributed by atoms with Gasteiger partial charge >= 0.3 is 0 Å². The van der Waals surface area contributed by atoms with Gasteiger partial charge in [-0.15, -0.1) is 0 Å². The van der Waals surface area contributed by atoms with E-state index in [1.165, 1.54) is 0 Å². The molecule has 5 heteroatoms. The van der Waals surface area contributed by atoms with Crippen LogP contribution < -0.4 is 4.72 Å². The average Bonchev–Trinajstić information content (AvgIpc) is 2.46. The van der Waals surface area contributed by atoms with E-state index in [0.29, 0.717) is 12.8 Å². The molecular weight excluding hydrogens is 306 g/mol. The van der Waals surface area contributed by atoms with Crippen LogP contribution in [0.1, 0.15) is 17.5 Å². The fraction of sp³-hybridized carbons (Fsp3) is 0.188. The van der Waals surface area contributed by atoms with Crippen LogP contribution in [-0.4, -0.2) is 8.42 Å². The average molecular weight is 323 g/mol. The third-order valence-corrected chi connectivity index (χ3v) is 4.86. The molecule has 0 aliphatic heterocycles. The molecule has 1 N–H and O–H groups in total. The molecule has 0 heterocycles. The molecule has 0 atom stereocenters. The number of halogens is 1. The number of aryl methyl sites for hydroxylation is 2. The van der Waals surface area contributed by atoms with E-state index in [4.69, 9.17) is 11.6 Å². The molecule has 0 saturated carbocycles. The number of hydrogen-bond acceptors (Lipinski definition) is 2. The van der Waals surface area contributed by atoms with Crippen molar-refractivity contribution >= 4 is 21.6 Å². The van der Waals surface area contributed by atoms with Gasteiger partial charge < -0.3 is 0 Å². The Morgan fingerprint density at radius 3 is 2.29 bits per heavy atom. The molecule has 0 unspecified atom stereocenters. The summed E-state index contributed by atoms with van der Waals surface area (Å²) in [6.07, 6.45) is 1.15. The minimum absolute atomic E-state index is 0.214. The predicted octanol–water partition coefficient (Wildman–Crippen LogP) is 3.63. The lowest BCUT2D eigenvalue weighted by Gasteiger charge is -2.11. The second kappa shape index (κ2) is 7.07. The third kappa shape index (κ3) is 4.84. The summed E-state index contributed by atoms with van der Waals surface area (Å²) in [6, 6.07) is 16.4. The molecule has 1 radical (unpaired) electrons. The first kappa shape index (κ1) is 16.0. The van der Waals surface area contributed by atoms with Gasteiger partial charge in [-0.05, 0) is 37.5 Å². The van der Waals surface area contributed by atoms with Crippen LogP contribution in [0.3, 0.4) is 0 Å². The number of rotatable bonds is 6. The Labute approximate surface area is 131 Å². The van der Waals surface area contributed by atoms with Gasteiger partial charge in [0.25, 0.3) is 0 Å². The van der Waals surface area contributed by atoms with Crippen LogP contribution in [0, 0.1) is 12.4 Å². The summed E-state index contributed by atoms with van der Waals surface area (Å²) < 4.78 is 26.7. The number of benzene rings is 2. The molecule has 0 aliphatic carbocycles. The van der Waals surface area contributed by atoms with Crippen molar-refractivity contribution in [2.45, 2.75) is 24.7 Å². The van der Waals surface area contributed by atoms with Crippen molar-refractivity contribution in [3.8, 4) is 0 Å². The number of hydrogen-bond donors (Lipinski definition) is 1. The zero-order valence-corrected chi connectivity index (χ0v) is 13.3. The maximum absolute atomic E-state index is 12.1. The highest BCUT2D eigenvalue weighted by molar-refractivity contribution is 7.89. The Balaban J connectivity index is 1.95. The molecule has 2 aromatic rings. The molecule has 21 heavy (non-hydrogen) atoms. The van der Waals surface area contributed by atoms with E-state index in [-0.39, 0.29) is 10.4 Å². The summed E-state index contributed by atoms with van der Waals surface area (Å²) in [5.74, 6) is 0. The topological polar surface area (TPSA) is 46.2 Å². The Morgan fingerprint density at radius 1 is 1.05 bits per heavy atom. The second-order valence-electron chi connectivity index (χ2n) is 4.81. The molecule has 0 aliphatic rings. The van der Waals surface area contributed by atoms with Crippen LogP contribution in [0.2, 0.25) is 0 Å². The zero-order valence-electron chi connectivity index (χ0n) is 11.7. The van der Waals surface area contributed by atoms with E-state index in [9.17, 15) is 8.42 Å². The minimum atomic E-state index is -3.60. The lowest BCUT2D eigenvalue weighted by molar-refractivity contribution is 0.584. The Morgan fingerprint density at radius 2 is 1.67 bits per heavy atom. The van der Waals surface area contributed by atoms with E-state index in [2.05, 4.69) is 4.72 Å². The Kier molecular flexibility index (Phi) is 5.39. The minimum Gasteiger partial charge on any atom is -0.207 e. The van der Waals surface area contributed by atoms with Crippen molar-refractivity contribution in [3.63, 3.8) is 0 Å². The second-order valence-corrected chi connectivity index (χ2v) is 6.95. The van der Waals surface area contributed by atoms with E-state index < -0.39 is 10.0 Å². The highest BCUT2D eigenvalue weighted by Crippen LogP contribution is 2.18. The molecule has 2 aromatic carbocycles. The highest BCUT2D eigenvalue weighted by Gasteiger charge is 2.18. The van der Waals surface area contributed by atoms with Gasteiger partial charge in [0.15, 0.2) is 0 Å². The zero-order chi connectivity index (χ0) is 15.3. The smallest absolute Gasteiger partial charge is 0.207 e. The van der Waals surface area contributed by atoms with E-state index >= 15 is 0 Å². The molecule has 0 spiro atoms. The van der Waals surface area contributed by atoms with Gasteiger partial charge in [0, 0.05) is 0 Å². The van der Waals surface area contributed by atoms with Gasteiger partial charge in [0.2, 0.25) is 10.0 Å². The van der Waals surface area contributed by atoms with Crippen molar-refractivity contribution in [1.82, 2.24) is 4.72 Å². The van der Waals surface area contributed by atoms with Gasteiger partial charge in [0.05, 0.1) is 4.90 Å². The van der Waals surface area contributed by atoms with Crippen LogP contribution in [0.25, 0.3) is 0 Å². The predicted molar refractivity (Wildman–Crippen MR) is 85.4 cm³/mol. The summed E-state index contributed by atoms with van der Waals surface area (Å²) in [6.45, 7) is 1.91. The standard InChI is InChI=1S/C16H17ClNO2S/c1-13-7-10-15(11-8-13)21(19,20)18-16(17)12-9-14-5-3-2-4-6-14/h2-8,10-11,18H,9,12H2,1H3. The summed E-state index contributed by atoms with van der Waals surface area (Å²) in [7, 11) is -3.60. The summed E-state index contributed by atoms with van der Waals surface area (Å²) in [4.78, 5) is 0.214. The first-order valence-electron chi connectivity index (χ1n) is 6.62.